The SMILES string of the molecule is C=Cc1ccc(Br)cc1CCC. The molecule has 0 saturated heterocycles. The number of hydrogen-bond donors (Lipinski definition) is 0. The number of rotatable bonds is 3. The summed E-state index contributed by atoms with van der Waals surface area (Å²) >= 11 is 3.46. The summed E-state index contributed by atoms with van der Waals surface area (Å²) in [6.07, 6.45) is 4.22. The normalized spacial score (nSPS) is 9.83. The molecule has 1 aromatic carbocycles. The topological polar surface area (TPSA) is 0 Å². The summed E-state index contributed by atoms with van der Waals surface area (Å²) in [6, 6.07) is 6.32. The first kappa shape index (κ1) is 9.53. The zero-order valence-electron chi connectivity index (χ0n) is 7.31. The van der Waals surface area contributed by atoms with Gasteiger partial charge >= 0.3 is 0 Å². The van der Waals surface area contributed by atoms with Gasteiger partial charge in [0.25, 0.3) is 0 Å². The van der Waals surface area contributed by atoms with Crippen LogP contribution in [0.5, 0.6) is 0 Å². The lowest BCUT2D eigenvalue weighted by molar-refractivity contribution is 0.919. The van der Waals surface area contributed by atoms with Gasteiger partial charge in [0, 0.05) is 4.47 Å². The summed E-state index contributed by atoms with van der Waals surface area (Å²) in [7, 11) is 0. The van der Waals surface area contributed by atoms with Crippen LogP contribution in [0.25, 0.3) is 6.08 Å². The summed E-state index contributed by atoms with van der Waals surface area (Å²) in [5.74, 6) is 0. The van der Waals surface area contributed by atoms with E-state index >= 15 is 0 Å². The van der Waals surface area contributed by atoms with Crippen LogP contribution in [0.1, 0.15) is 24.5 Å². The molecule has 1 rings (SSSR count). The number of halogens is 1. The average molecular weight is 225 g/mol. The van der Waals surface area contributed by atoms with Crippen molar-refractivity contribution in [2.45, 2.75) is 19.8 Å². The van der Waals surface area contributed by atoms with Crippen LogP contribution < -0.4 is 0 Å². The maximum atomic E-state index is 3.79. The summed E-state index contributed by atoms with van der Waals surface area (Å²) in [5.41, 5.74) is 2.63. The Morgan fingerprint density at radius 2 is 2.25 bits per heavy atom. The Labute approximate surface area is 82.4 Å². The quantitative estimate of drug-likeness (QED) is 0.728. The van der Waals surface area contributed by atoms with Crippen LogP contribution in [0.15, 0.2) is 29.3 Å². The fourth-order valence-electron chi connectivity index (χ4n) is 1.26. The largest absolute Gasteiger partial charge is 0.0985 e. The van der Waals surface area contributed by atoms with Crippen LogP contribution >= 0.6 is 15.9 Å². The molecular weight excluding hydrogens is 212 g/mol. The van der Waals surface area contributed by atoms with E-state index in [1.807, 2.05) is 6.08 Å². The highest BCUT2D eigenvalue weighted by Crippen LogP contribution is 2.18. The number of hydrogen-bond acceptors (Lipinski definition) is 0. The lowest BCUT2D eigenvalue weighted by atomic mass is 10.0. The van der Waals surface area contributed by atoms with Crippen molar-refractivity contribution in [2.75, 3.05) is 0 Å². The summed E-state index contributed by atoms with van der Waals surface area (Å²) in [5, 5.41) is 0. The average Bonchev–Trinajstić information content (AvgIpc) is 2.05. The van der Waals surface area contributed by atoms with Gasteiger partial charge in [-0.3, -0.25) is 0 Å². The van der Waals surface area contributed by atoms with Crippen molar-refractivity contribution in [1.82, 2.24) is 0 Å². The van der Waals surface area contributed by atoms with E-state index in [0.717, 1.165) is 10.9 Å². The third kappa shape index (κ3) is 2.21. The van der Waals surface area contributed by atoms with E-state index in [9.17, 15) is 0 Å². The first-order chi connectivity index (χ1) is 5.77. The van der Waals surface area contributed by atoms with Gasteiger partial charge in [-0.2, -0.15) is 0 Å². The molecular formula is C11H13Br. The van der Waals surface area contributed by atoms with Crippen LogP contribution in [0.3, 0.4) is 0 Å². The van der Waals surface area contributed by atoms with Crippen molar-refractivity contribution in [3.05, 3.63) is 40.4 Å². The van der Waals surface area contributed by atoms with Gasteiger partial charge in [-0.25, -0.2) is 0 Å². The van der Waals surface area contributed by atoms with Crippen molar-refractivity contribution >= 4 is 22.0 Å². The van der Waals surface area contributed by atoms with Gasteiger partial charge in [0.05, 0.1) is 0 Å². The van der Waals surface area contributed by atoms with Gasteiger partial charge in [-0.1, -0.05) is 48.0 Å². The maximum Gasteiger partial charge on any atom is 0.0178 e. The Hall–Kier alpha value is -0.560. The van der Waals surface area contributed by atoms with Crippen LogP contribution in [0.4, 0.5) is 0 Å². The first-order valence-corrected chi connectivity index (χ1v) is 4.98. The molecule has 0 N–H and O–H groups in total. The summed E-state index contributed by atoms with van der Waals surface area (Å²) < 4.78 is 1.15. The second-order valence-electron chi connectivity index (χ2n) is 2.80. The number of benzene rings is 1. The van der Waals surface area contributed by atoms with E-state index in [4.69, 9.17) is 0 Å². The number of aryl methyl sites for hydroxylation is 1. The molecule has 0 aliphatic carbocycles. The Morgan fingerprint density at radius 1 is 1.50 bits per heavy atom. The molecule has 0 aliphatic heterocycles. The minimum absolute atomic E-state index is 1.13. The second-order valence-corrected chi connectivity index (χ2v) is 3.71. The molecule has 0 unspecified atom stereocenters. The molecule has 0 aromatic heterocycles. The van der Waals surface area contributed by atoms with Crippen molar-refractivity contribution in [2.24, 2.45) is 0 Å². The highest BCUT2D eigenvalue weighted by atomic mass is 79.9. The summed E-state index contributed by atoms with van der Waals surface area (Å²) in [4.78, 5) is 0. The molecule has 1 aromatic rings. The minimum atomic E-state index is 1.13. The van der Waals surface area contributed by atoms with E-state index in [0.29, 0.717) is 0 Å². The first-order valence-electron chi connectivity index (χ1n) is 4.18. The zero-order chi connectivity index (χ0) is 8.97. The van der Waals surface area contributed by atoms with Gasteiger partial charge < -0.3 is 0 Å². The molecule has 0 bridgehead atoms. The lowest BCUT2D eigenvalue weighted by Crippen LogP contribution is -1.87. The molecule has 1 heteroatoms. The predicted molar refractivity (Wildman–Crippen MR) is 58.2 cm³/mol. The minimum Gasteiger partial charge on any atom is -0.0985 e. The smallest absolute Gasteiger partial charge is 0.0178 e. The van der Waals surface area contributed by atoms with E-state index in [1.54, 1.807) is 0 Å². The Morgan fingerprint density at radius 3 is 2.83 bits per heavy atom. The van der Waals surface area contributed by atoms with Crippen LogP contribution in [0, 0.1) is 0 Å². The second kappa shape index (κ2) is 4.46. The van der Waals surface area contributed by atoms with E-state index in [2.05, 4.69) is 47.6 Å². The van der Waals surface area contributed by atoms with Gasteiger partial charge in [0.1, 0.15) is 0 Å². The molecule has 0 nitrogen and oxygen atoms in total. The van der Waals surface area contributed by atoms with Crippen molar-refractivity contribution < 1.29 is 0 Å². The molecule has 0 saturated carbocycles. The Kier molecular flexibility index (Phi) is 3.54. The predicted octanol–water partition coefficient (Wildman–Crippen LogP) is 4.04. The molecule has 0 atom stereocenters. The van der Waals surface area contributed by atoms with E-state index < -0.39 is 0 Å². The molecule has 64 valence electrons. The third-order valence-corrected chi connectivity index (χ3v) is 2.34. The van der Waals surface area contributed by atoms with Gasteiger partial charge in [-0.15, -0.1) is 0 Å². The fraction of sp³-hybridized carbons (Fsp3) is 0.273. The summed E-state index contributed by atoms with van der Waals surface area (Å²) in [6.45, 7) is 5.98. The lowest BCUT2D eigenvalue weighted by Gasteiger charge is -2.04. The monoisotopic (exact) mass is 224 g/mol. The molecule has 0 fully saturated rings. The van der Waals surface area contributed by atoms with Crippen molar-refractivity contribution in [1.29, 1.82) is 0 Å². The van der Waals surface area contributed by atoms with Crippen molar-refractivity contribution in [3.8, 4) is 0 Å². The highest BCUT2D eigenvalue weighted by Gasteiger charge is 1.98. The van der Waals surface area contributed by atoms with Gasteiger partial charge in [0.15, 0.2) is 0 Å². The molecule has 0 heterocycles. The fourth-order valence-corrected chi connectivity index (χ4v) is 1.67. The zero-order valence-corrected chi connectivity index (χ0v) is 8.89. The molecule has 12 heavy (non-hydrogen) atoms. The molecule has 0 amide bonds. The van der Waals surface area contributed by atoms with E-state index in [-0.39, 0.29) is 0 Å². The highest BCUT2D eigenvalue weighted by molar-refractivity contribution is 9.10. The van der Waals surface area contributed by atoms with Crippen LogP contribution in [-0.2, 0) is 6.42 Å². The standard InChI is InChI=1S/C11H13Br/c1-3-5-10-8-11(12)7-6-9(10)4-2/h4,6-8H,2-3,5H2,1H3. The van der Waals surface area contributed by atoms with Crippen molar-refractivity contribution in [3.63, 3.8) is 0 Å². The van der Waals surface area contributed by atoms with Gasteiger partial charge in [0.2, 0.25) is 0 Å². The molecule has 0 spiro atoms. The van der Waals surface area contributed by atoms with Crippen LogP contribution in [-0.4, -0.2) is 0 Å². The molecule has 0 radical (unpaired) electrons. The Balaban J connectivity index is 3.03. The molecule has 0 aliphatic rings. The Bertz CT molecular complexity index is 276. The van der Waals surface area contributed by atoms with Crippen LogP contribution in [0.2, 0.25) is 0 Å². The van der Waals surface area contributed by atoms with Gasteiger partial charge in [-0.05, 0) is 29.7 Å². The van der Waals surface area contributed by atoms with E-state index in [1.165, 1.54) is 17.5 Å². The third-order valence-electron chi connectivity index (χ3n) is 1.84. The maximum absolute atomic E-state index is 3.79.